The van der Waals surface area contributed by atoms with Crippen LogP contribution in [-0.4, -0.2) is 54.7 Å². The zero-order valence-corrected chi connectivity index (χ0v) is 11.5. The lowest BCUT2D eigenvalue weighted by molar-refractivity contribution is -0.141. The van der Waals surface area contributed by atoms with E-state index in [1.807, 2.05) is 11.0 Å². The van der Waals surface area contributed by atoms with Gasteiger partial charge in [0.25, 0.3) is 5.91 Å². The predicted molar refractivity (Wildman–Crippen MR) is 76.4 cm³/mol. The highest BCUT2D eigenvalue weighted by Crippen LogP contribution is 2.23. The smallest absolute Gasteiger partial charge is 0.251 e. The number of anilines is 2. The zero-order chi connectivity index (χ0) is 13.9. The molecule has 20 heavy (non-hydrogen) atoms. The molecule has 3 rings (SSSR count). The number of nitrogens with zero attached hydrogens (tertiary/aromatic N) is 3. The van der Waals surface area contributed by atoms with Gasteiger partial charge in [0.1, 0.15) is 6.10 Å². The summed E-state index contributed by atoms with van der Waals surface area (Å²) in [5, 5.41) is 0. The van der Waals surface area contributed by atoms with E-state index < -0.39 is 0 Å². The second-order valence-corrected chi connectivity index (χ2v) is 5.25. The van der Waals surface area contributed by atoms with E-state index in [9.17, 15) is 4.79 Å². The Morgan fingerprint density at radius 2 is 2.15 bits per heavy atom. The van der Waals surface area contributed by atoms with Crippen LogP contribution in [0.25, 0.3) is 0 Å². The predicted octanol–water partition coefficient (Wildman–Crippen LogP) is 0.491. The molecule has 108 valence electrons. The van der Waals surface area contributed by atoms with Crippen molar-refractivity contribution in [3.8, 4) is 0 Å². The van der Waals surface area contributed by atoms with Gasteiger partial charge in [-0.05, 0) is 18.9 Å². The lowest BCUT2D eigenvalue weighted by Crippen LogP contribution is -2.51. The zero-order valence-electron chi connectivity index (χ0n) is 11.5. The molecule has 2 saturated heterocycles. The van der Waals surface area contributed by atoms with Crippen molar-refractivity contribution in [1.29, 1.82) is 0 Å². The normalized spacial score (nSPS) is 23.1. The summed E-state index contributed by atoms with van der Waals surface area (Å²) < 4.78 is 5.47. The second-order valence-electron chi connectivity index (χ2n) is 5.25. The van der Waals surface area contributed by atoms with E-state index in [2.05, 4.69) is 9.88 Å². The van der Waals surface area contributed by atoms with E-state index in [-0.39, 0.29) is 12.0 Å². The fourth-order valence-electron chi connectivity index (χ4n) is 2.83. The monoisotopic (exact) mass is 276 g/mol. The van der Waals surface area contributed by atoms with Crippen molar-refractivity contribution in [1.82, 2.24) is 9.88 Å². The van der Waals surface area contributed by atoms with E-state index in [0.29, 0.717) is 12.3 Å². The van der Waals surface area contributed by atoms with Gasteiger partial charge in [0.05, 0.1) is 17.6 Å². The highest BCUT2D eigenvalue weighted by molar-refractivity contribution is 5.81. The molecule has 0 aromatic carbocycles. The summed E-state index contributed by atoms with van der Waals surface area (Å²) in [6, 6.07) is 1.92. The van der Waals surface area contributed by atoms with E-state index >= 15 is 0 Å². The van der Waals surface area contributed by atoms with Crippen molar-refractivity contribution in [3.05, 3.63) is 18.5 Å². The average Bonchev–Trinajstić information content (AvgIpc) is 3.01. The average molecular weight is 276 g/mol. The van der Waals surface area contributed by atoms with Crippen LogP contribution in [0.2, 0.25) is 0 Å². The maximum atomic E-state index is 12.3. The largest absolute Gasteiger partial charge is 0.396 e. The summed E-state index contributed by atoms with van der Waals surface area (Å²) in [5.41, 5.74) is 7.63. The molecule has 0 radical (unpaired) electrons. The standard InChI is InChI=1S/C14H20N4O2/c15-11-10-16-4-3-12(11)17-5-7-18(8-6-17)14(19)13-2-1-9-20-13/h3-4,10,13H,1-2,5-9,15H2. The first-order valence-electron chi connectivity index (χ1n) is 7.10. The van der Waals surface area contributed by atoms with E-state index in [1.54, 1.807) is 12.4 Å². The fraction of sp³-hybridized carbons (Fsp3) is 0.571. The third kappa shape index (κ3) is 2.56. The van der Waals surface area contributed by atoms with Gasteiger partial charge in [0, 0.05) is 39.0 Å². The first-order chi connectivity index (χ1) is 9.75. The molecule has 2 aliphatic heterocycles. The SMILES string of the molecule is Nc1cnccc1N1CCN(C(=O)C2CCCO2)CC1. The molecular formula is C14H20N4O2. The summed E-state index contributed by atoms with van der Waals surface area (Å²) in [5.74, 6) is 0.143. The van der Waals surface area contributed by atoms with Gasteiger partial charge in [-0.25, -0.2) is 0 Å². The first-order valence-corrected chi connectivity index (χ1v) is 7.10. The van der Waals surface area contributed by atoms with Crippen molar-refractivity contribution in [2.45, 2.75) is 18.9 Å². The Morgan fingerprint density at radius 3 is 2.80 bits per heavy atom. The Morgan fingerprint density at radius 1 is 1.35 bits per heavy atom. The third-order valence-electron chi connectivity index (χ3n) is 3.97. The van der Waals surface area contributed by atoms with Gasteiger partial charge >= 0.3 is 0 Å². The number of amides is 1. The van der Waals surface area contributed by atoms with Gasteiger partial charge in [-0.2, -0.15) is 0 Å². The van der Waals surface area contributed by atoms with Crippen LogP contribution < -0.4 is 10.6 Å². The van der Waals surface area contributed by atoms with Gasteiger partial charge in [0.2, 0.25) is 0 Å². The molecule has 0 spiro atoms. The topological polar surface area (TPSA) is 71.7 Å². The number of piperazine rings is 1. The van der Waals surface area contributed by atoms with Crippen molar-refractivity contribution < 1.29 is 9.53 Å². The van der Waals surface area contributed by atoms with Crippen molar-refractivity contribution >= 4 is 17.3 Å². The lowest BCUT2D eigenvalue weighted by atomic mass is 10.2. The quantitative estimate of drug-likeness (QED) is 0.851. The molecule has 2 fully saturated rings. The number of carbonyl (C=O) groups excluding carboxylic acids is 1. The number of rotatable bonds is 2. The minimum Gasteiger partial charge on any atom is -0.396 e. The molecule has 0 bridgehead atoms. The molecule has 1 amide bonds. The number of pyridine rings is 1. The Balaban J connectivity index is 1.59. The molecule has 1 aromatic rings. The molecule has 2 aliphatic rings. The first kappa shape index (κ1) is 13.2. The van der Waals surface area contributed by atoms with Crippen LogP contribution in [0, 0.1) is 0 Å². The van der Waals surface area contributed by atoms with Crippen LogP contribution in [0.1, 0.15) is 12.8 Å². The number of nitrogen functional groups attached to an aromatic ring is 1. The number of hydrogen-bond donors (Lipinski definition) is 1. The Labute approximate surface area is 118 Å². The summed E-state index contributed by atoms with van der Waals surface area (Å²) in [6.45, 7) is 3.75. The molecular weight excluding hydrogens is 256 g/mol. The van der Waals surface area contributed by atoms with Gasteiger partial charge in [-0.3, -0.25) is 9.78 Å². The summed E-state index contributed by atoms with van der Waals surface area (Å²) in [6.07, 6.45) is 5.04. The van der Waals surface area contributed by atoms with Gasteiger partial charge in [0.15, 0.2) is 0 Å². The fourth-order valence-corrected chi connectivity index (χ4v) is 2.83. The summed E-state index contributed by atoms with van der Waals surface area (Å²) in [4.78, 5) is 20.4. The van der Waals surface area contributed by atoms with Gasteiger partial charge in [-0.15, -0.1) is 0 Å². The van der Waals surface area contributed by atoms with Crippen LogP contribution in [0.3, 0.4) is 0 Å². The summed E-state index contributed by atoms with van der Waals surface area (Å²) in [7, 11) is 0. The van der Waals surface area contributed by atoms with Crippen LogP contribution in [0.5, 0.6) is 0 Å². The molecule has 0 aliphatic carbocycles. The molecule has 6 heteroatoms. The number of hydrogen-bond acceptors (Lipinski definition) is 5. The molecule has 3 heterocycles. The third-order valence-corrected chi connectivity index (χ3v) is 3.97. The maximum Gasteiger partial charge on any atom is 0.251 e. The molecule has 2 N–H and O–H groups in total. The van der Waals surface area contributed by atoms with Crippen LogP contribution >= 0.6 is 0 Å². The van der Waals surface area contributed by atoms with Crippen molar-refractivity contribution in [2.24, 2.45) is 0 Å². The van der Waals surface area contributed by atoms with Crippen molar-refractivity contribution in [2.75, 3.05) is 43.4 Å². The number of nitrogens with two attached hydrogens (primary N) is 1. The molecule has 1 unspecified atom stereocenters. The Bertz CT molecular complexity index is 480. The van der Waals surface area contributed by atoms with E-state index in [4.69, 9.17) is 10.5 Å². The minimum absolute atomic E-state index is 0.143. The van der Waals surface area contributed by atoms with Gasteiger partial charge in [-0.1, -0.05) is 0 Å². The van der Waals surface area contributed by atoms with E-state index in [0.717, 1.165) is 44.7 Å². The highest BCUT2D eigenvalue weighted by atomic mass is 16.5. The lowest BCUT2D eigenvalue weighted by Gasteiger charge is -2.37. The van der Waals surface area contributed by atoms with E-state index in [1.165, 1.54) is 0 Å². The van der Waals surface area contributed by atoms with Crippen LogP contribution in [0.15, 0.2) is 18.5 Å². The van der Waals surface area contributed by atoms with Crippen LogP contribution in [-0.2, 0) is 9.53 Å². The highest BCUT2D eigenvalue weighted by Gasteiger charge is 2.30. The van der Waals surface area contributed by atoms with Gasteiger partial charge < -0.3 is 20.3 Å². The van der Waals surface area contributed by atoms with Crippen LogP contribution in [0.4, 0.5) is 11.4 Å². The number of carbonyl (C=O) groups is 1. The maximum absolute atomic E-state index is 12.3. The summed E-state index contributed by atoms with van der Waals surface area (Å²) >= 11 is 0. The molecule has 1 aromatic heterocycles. The van der Waals surface area contributed by atoms with Crippen molar-refractivity contribution in [3.63, 3.8) is 0 Å². The molecule has 1 atom stereocenters. The second kappa shape index (κ2) is 5.66. The number of aromatic nitrogens is 1. The molecule has 0 saturated carbocycles. The Kier molecular flexibility index (Phi) is 3.73. The minimum atomic E-state index is -0.215. The Hall–Kier alpha value is -1.82. The molecule has 6 nitrogen and oxygen atoms in total. The number of ether oxygens (including phenoxy) is 1.